The zero-order valence-corrected chi connectivity index (χ0v) is 12.7. The van der Waals surface area contributed by atoms with Crippen LogP contribution in [0, 0.1) is 5.92 Å². The van der Waals surface area contributed by atoms with Crippen molar-refractivity contribution in [1.29, 1.82) is 0 Å². The number of benzene rings is 1. The van der Waals surface area contributed by atoms with Crippen molar-refractivity contribution in [2.45, 2.75) is 39.2 Å². The first-order valence-corrected chi connectivity index (χ1v) is 7.86. The van der Waals surface area contributed by atoms with Gasteiger partial charge in [0.1, 0.15) is 5.75 Å². The van der Waals surface area contributed by atoms with Crippen LogP contribution in [0.1, 0.15) is 44.8 Å². The van der Waals surface area contributed by atoms with E-state index in [1.807, 2.05) is 31.2 Å². The maximum Gasteiger partial charge on any atom is 0.125 e. The molecule has 0 aliphatic heterocycles. The van der Waals surface area contributed by atoms with Crippen molar-refractivity contribution in [3.63, 3.8) is 0 Å². The van der Waals surface area contributed by atoms with Crippen LogP contribution in [0.3, 0.4) is 0 Å². The van der Waals surface area contributed by atoms with Crippen molar-refractivity contribution < 1.29 is 9.84 Å². The van der Waals surface area contributed by atoms with Crippen LogP contribution < -0.4 is 4.74 Å². The van der Waals surface area contributed by atoms with E-state index in [1.54, 1.807) is 0 Å². The Kier molecular flexibility index (Phi) is 5.86. The van der Waals surface area contributed by atoms with E-state index < -0.39 is 6.10 Å². The Morgan fingerprint density at radius 1 is 1.30 bits per heavy atom. The van der Waals surface area contributed by atoms with Crippen LogP contribution in [0.2, 0.25) is 0 Å². The lowest BCUT2D eigenvalue weighted by Crippen LogP contribution is -2.31. The molecular weight excluding hydrogens is 250 g/mol. The van der Waals surface area contributed by atoms with Gasteiger partial charge in [0.2, 0.25) is 0 Å². The molecule has 2 rings (SSSR count). The monoisotopic (exact) mass is 277 g/mol. The van der Waals surface area contributed by atoms with E-state index in [9.17, 15) is 5.11 Å². The van der Waals surface area contributed by atoms with Crippen LogP contribution >= 0.6 is 0 Å². The average Bonchev–Trinajstić information content (AvgIpc) is 3.24. The second-order valence-electron chi connectivity index (χ2n) is 5.69. The molecule has 112 valence electrons. The molecule has 0 amide bonds. The number of aliphatic hydroxyl groups is 1. The van der Waals surface area contributed by atoms with E-state index in [1.165, 1.54) is 12.8 Å². The van der Waals surface area contributed by atoms with Gasteiger partial charge in [-0.3, -0.25) is 0 Å². The molecule has 0 bridgehead atoms. The lowest BCUT2D eigenvalue weighted by Gasteiger charge is -2.25. The molecule has 0 aromatic heterocycles. The maximum atomic E-state index is 10.5. The van der Waals surface area contributed by atoms with Gasteiger partial charge in [-0.2, -0.15) is 0 Å². The van der Waals surface area contributed by atoms with Crippen molar-refractivity contribution in [1.82, 2.24) is 4.90 Å². The summed E-state index contributed by atoms with van der Waals surface area (Å²) < 4.78 is 5.61. The third-order valence-corrected chi connectivity index (χ3v) is 3.76. The maximum absolute atomic E-state index is 10.5. The summed E-state index contributed by atoms with van der Waals surface area (Å²) in [5, 5.41) is 10.5. The van der Waals surface area contributed by atoms with Crippen molar-refractivity contribution in [3.8, 4) is 5.75 Å². The molecular formula is C17H27NO2. The normalized spacial score (nSPS) is 16.4. The molecule has 1 aromatic carbocycles. The van der Waals surface area contributed by atoms with E-state index in [-0.39, 0.29) is 0 Å². The minimum atomic E-state index is -0.469. The predicted molar refractivity (Wildman–Crippen MR) is 82.0 cm³/mol. The Hall–Kier alpha value is -1.06. The molecule has 0 saturated heterocycles. The Labute approximate surface area is 122 Å². The van der Waals surface area contributed by atoms with Crippen molar-refractivity contribution in [2.24, 2.45) is 5.92 Å². The number of hydrogen-bond acceptors (Lipinski definition) is 3. The molecule has 1 aliphatic carbocycles. The largest absolute Gasteiger partial charge is 0.493 e. The number of nitrogens with zero attached hydrogens (tertiary/aromatic N) is 1. The zero-order chi connectivity index (χ0) is 14.4. The topological polar surface area (TPSA) is 32.7 Å². The summed E-state index contributed by atoms with van der Waals surface area (Å²) in [7, 11) is 0. The van der Waals surface area contributed by atoms with Gasteiger partial charge in [-0.05, 0) is 44.7 Å². The fraction of sp³-hybridized carbons (Fsp3) is 0.647. The van der Waals surface area contributed by atoms with Gasteiger partial charge in [0.25, 0.3) is 0 Å². The van der Waals surface area contributed by atoms with Gasteiger partial charge in [0.15, 0.2) is 0 Å². The molecule has 0 radical (unpaired) electrons. The Balaban J connectivity index is 1.99. The second-order valence-corrected chi connectivity index (χ2v) is 5.69. The predicted octanol–water partition coefficient (Wildman–Crippen LogP) is 3.24. The summed E-state index contributed by atoms with van der Waals surface area (Å²) in [6.45, 7) is 7.69. The Morgan fingerprint density at radius 2 is 2.05 bits per heavy atom. The summed E-state index contributed by atoms with van der Waals surface area (Å²) in [6, 6.07) is 7.82. The third kappa shape index (κ3) is 4.50. The average molecular weight is 277 g/mol. The molecule has 1 aromatic rings. The third-order valence-electron chi connectivity index (χ3n) is 3.76. The van der Waals surface area contributed by atoms with Gasteiger partial charge in [-0.25, -0.2) is 0 Å². The molecule has 3 heteroatoms. The first kappa shape index (κ1) is 15.3. The SMILES string of the molecule is CCCN(CC1CC1)CC(O)c1ccccc1OCC. The van der Waals surface area contributed by atoms with Crippen molar-refractivity contribution in [2.75, 3.05) is 26.2 Å². The van der Waals surface area contributed by atoms with E-state index in [2.05, 4.69) is 11.8 Å². The van der Waals surface area contributed by atoms with Crippen LogP contribution in [-0.2, 0) is 0 Å². The van der Waals surface area contributed by atoms with Crippen LogP contribution in [0.15, 0.2) is 24.3 Å². The highest BCUT2D eigenvalue weighted by Crippen LogP contribution is 2.31. The molecule has 3 nitrogen and oxygen atoms in total. The van der Waals surface area contributed by atoms with Crippen LogP contribution in [0.25, 0.3) is 0 Å². The van der Waals surface area contributed by atoms with Gasteiger partial charge in [-0.15, -0.1) is 0 Å². The minimum Gasteiger partial charge on any atom is -0.493 e. The Morgan fingerprint density at radius 3 is 2.70 bits per heavy atom. The number of rotatable bonds is 9. The number of aliphatic hydroxyl groups excluding tert-OH is 1. The first-order chi connectivity index (χ1) is 9.74. The minimum absolute atomic E-state index is 0.469. The van der Waals surface area contributed by atoms with Gasteiger partial charge in [-0.1, -0.05) is 25.1 Å². The number of hydrogen-bond donors (Lipinski definition) is 1. The van der Waals surface area contributed by atoms with Crippen molar-refractivity contribution >= 4 is 0 Å². The van der Waals surface area contributed by atoms with Crippen LogP contribution in [0.4, 0.5) is 0 Å². The molecule has 1 unspecified atom stereocenters. The highest BCUT2D eigenvalue weighted by Gasteiger charge is 2.25. The summed E-state index contributed by atoms with van der Waals surface area (Å²) >= 11 is 0. The zero-order valence-electron chi connectivity index (χ0n) is 12.7. The quantitative estimate of drug-likeness (QED) is 0.752. The van der Waals surface area contributed by atoms with E-state index in [0.717, 1.165) is 36.7 Å². The smallest absolute Gasteiger partial charge is 0.125 e. The molecule has 1 atom stereocenters. The lowest BCUT2D eigenvalue weighted by molar-refractivity contribution is 0.107. The van der Waals surface area contributed by atoms with Gasteiger partial charge in [0.05, 0.1) is 12.7 Å². The Bertz CT molecular complexity index is 404. The fourth-order valence-corrected chi connectivity index (χ4v) is 2.62. The molecule has 1 aliphatic rings. The van der Waals surface area contributed by atoms with Crippen LogP contribution in [-0.4, -0.2) is 36.2 Å². The van der Waals surface area contributed by atoms with Gasteiger partial charge < -0.3 is 14.7 Å². The molecule has 0 heterocycles. The van der Waals surface area contributed by atoms with E-state index in [4.69, 9.17) is 4.74 Å². The van der Waals surface area contributed by atoms with Crippen molar-refractivity contribution in [3.05, 3.63) is 29.8 Å². The highest BCUT2D eigenvalue weighted by molar-refractivity contribution is 5.35. The highest BCUT2D eigenvalue weighted by atomic mass is 16.5. The number of para-hydroxylation sites is 1. The molecule has 1 fully saturated rings. The summed E-state index contributed by atoms with van der Waals surface area (Å²) in [4.78, 5) is 2.39. The van der Waals surface area contributed by atoms with E-state index in [0.29, 0.717) is 13.2 Å². The summed E-state index contributed by atoms with van der Waals surface area (Å²) in [5.74, 6) is 1.67. The molecule has 1 saturated carbocycles. The lowest BCUT2D eigenvalue weighted by atomic mass is 10.1. The summed E-state index contributed by atoms with van der Waals surface area (Å²) in [5.41, 5.74) is 0.909. The fourth-order valence-electron chi connectivity index (χ4n) is 2.62. The van der Waals surface area contributed by atoms with Gasteiger partial charge >= 0.3 is 0 Å². The van der Waals surface area contributed by atoms with E-state index >= 15 is 0 Å². The molecule has 1 N–H and O–H groups in total. The van der Waals surface area contributed by atoms with Crippen LogP contribution in [0.5, 0.6) is 5.75 Å². The van der Waals surface area contributed by atoms with Gasteiger partial charge in [0, 0.05) is 18.7 Å². The first-order valence-electron chi connectivity index (χ1n) is 7.86. The second kappa shape index (κ2) is 7.65. The standard InChI is InChI=1S/C17H27NO2/c1-3-11-18(12-14-9-10-14)13-16(19)15-7-5-6-8-17(15)20-4-2/h5-8,14,16,19H,3-4,9-13H2,1-2H3. The summed E-state index contributed by atoms with van der Waals surface area (Å²) in [6.07, 6.45) is 3.37. The molecule has 0 spiro atoms. The molecule has 20 heavy (non-hydrogen) atoms. The number of ether oxygens (including phenoxy) is 1.